The first-order valence-corrected chi connectivity index (χ1v) is 5.48. The zero-order valence-electron chi connectivity index (χ0n) is 9.58. The van der Waals surface area contributed by atoms with Gasteiger partial charge in [-0.05, 0) is 17.8 Å². The van der Waals surface area contributed by atoms with Gasteiger partial charge in [0.05, 0.1) is 0 Å². The Kier molecular flexibility index (Phi) is 3.73. The molecule has 0 radical (unpaired) electrons. The Morgan fingerprint density at radius 2 is 1.93 bits per heavy atom. The third kappa shape index (κ3) is 2.60. The third-order valence-electron chi connectivity index (χ3n) is 2.89. The maximum Gasteiger partial charge on any atom is 0.224 e. The molecule has 0 aromatic carbocycles. The van der Waals surface area contributed by atoms with E-state index in [0.717, 1.165) is 0 Å². The Labute approximate surface area is 86.8 Å². The fraction of sp³-hybridized carbons (Fsp3) is 0.750. The van der Waals surface area contributed by atoms with Gasteiger partial charge in [-0.3, -0.25) is 4.79 Å². The summed E-state index contributed by atoms with van der Waals surface area (Å²) in [5, 5.41) is 3.11. The molecular weight excluding hydrogens is 174 g/mol. The van der Waals surface area contributed by atoms with Gasteiger partial charge in [0, 0.05) is 12.5 Å². The summed E-state index contributed by atoms with van der Waals surface area (Å²) in [6, 6.07) is 0.293. The minimum atomic E-state index is 0.156. The second kappa shape index (κ2) is 4.63. The molecule has 2 unspecified atom stereocenters. The van der Waals surface area contributed by atoms with Crippen LogP contribution in [0.1, 0.15) is 34.1 Å². The Bertz CT molecular complexity index is 230. The molecule has 0 aliphatic carbocycles. The van der Waals surface area contributed by atoms with Gasteiger partial charge < -0.3 is 5.32 Å². The molecule has 14 heavy (non-hydrogen) atoms. The van der Waals surface area contributed by atoms with Crippen molar-refractivity contribution in [3.63, 3.8) is 0 Å². The number of rotatable bonds is 2. The van der Waals surface area contributed by atoms with Crippen molar-refractivity contribution in [2.24, 2.45) is 17.8 Å². The molecule has 2 nitrogen and oxygen atoms in total. The molecule has 1 heterocycles. The maximum atomic E-state index is 11.4. The van der Waals surface area contributed by atoms with Gasteiger partial charge in [0.25, 0.3) is 0 Å². The molecule has 0 aromatic heterocycles. The predicted octanol–water partition coefficient (Wildman–Crippen LogP) is 2.36. The molecule has 0 fully saturated rings. The summed E-state index contributed by atoms with van der Waals surface area (Å²) in [4.78, 5) is 11.4. The second-order valence-electron chi connectivity index (χ2n) is 4.79. The summed E-state index contributed by atoms with van der Waals surface area (Å²) < 4.78 is 0. The molecule has 0 saturated carbocycles. The molecule has 0 spiro atoms. The van der Waals surface area contributed by atoms with E-state index in [-0.39, 0.29) is 5.91 Å². The molecule has 0 aromatic rings. The molecular formula is C12H21NO. The van der Waals surface area contributed by atoms with Crippen LogP contribution >= 0.6 is 0 Å². The van der Waals surface area contributed by atoms with Crippen molar-refractivity contribution in [1.29, 1.82) is 0 Å². The predicted molar refractivity (Wildman–Crippen MR) is 58.9 cm³/mol. The van der Waals surface area contributed by atoms with E-state index in [9.17, 15) is 4.79 Å². The normalized spacial score (nSPS) is 28.0. The van der Waals surface area contributed by atoms with Gasteiger partial charge in [0.2, 0.25) is 5.91 Å². The van der Waals surface area contributed by atoms with E-state index >= 15 is 0 Å². The van der Waals surface area contributed by atoms with Gasteiger partial charge in [-0.2, -0.15) is 0 Å². The Morgan fingerprint density at radius 3 is 2.43 bits per heavy atom. The number of hydrogen-bond acceptors (Lipinski definition) is 1. The highest BCUT2D eigenvalue weighted by molar-refractivity contribution is 5.78. The third-order valence-corrected chi connectivity index (χ3v) is 2.89. The highest BCUT2D eigenvalue weighted by Gasteiger charge is 2.27. The molecule has 0 bridgehead atoms. The molecule has 1 amide bonds. The summed E-state index contributed by atoms with van der Waals surface area (Å²) in [7, 11) is 0. The van der Waals surface area contributed by atoms with Crippen LogP contribution in [0.5, 0.6) is 0 Å². The molecule has 80 valence electrons. The van der Waals surface area contributed by atoms with Gasteiger partial charge in [-0.1, -0.05) is 39.8 Å². The zero-order valence-corrected chi connectivity index (χ0v) is 9.58. The first-order valence-electron chi connectivity index (χ1n) is 5.48. The number of carbonyl (C=O) groups excluding carboxylic acids is 1. The molecule has 2 heteroatoms. The standard InChI is InChI=1S/C12H21NO/c1-8(2)10-6-5-7-11(14)13-12(10)9(3)4/h5-6,8-10,12H,7H2,1-4H3,(H,13,14). The Hall–Kier alpha value is -0.790. The summed E-state index contributed by atoms with van der Waals surface area (Å²) in [6.07, 6.45) is 4.74. The fourth-order valence-corrected chi connectivity index (χ4v) is 2.04. The average molecular weight is 195 g/mol. The number of hydrogen-bond donors (Lipinski definition) is 1. The Morgan fingerprint density at radius 1 is 1.29 bits per heavy atom. The highest BCUT2D eigenvalue weighted by Crippen LogP contribution is 2.24. The van der Waals surface area contributed by atoms with Crippen molar-refractivity contribution < 1.29 is 4.79 Å². The van der Waals surface area contributed by atoms with Crippen LogP contribution in [-0.2, 0) is 4.79 Å². The molecule has 2 atom stereocenters. The van der Waals surface area contributed by atoms with Crippen LogP contribution in [0.25, 0.3) is 0 Å². The lowest BCUT2D eigenvalue weighted by Crippen LogP contribution is -2.43. The van der Waals surface area contributed by atoms with Crippen molar-refractivity contribution in [3.05, 3.63) is 12.2 Å². The zero-order chi connectivity index (χ0) is 10.7. The van der Waals surface area contributed by atoms with Crippen LogP contribution in [0.2, 0.25) is 0 Å². The van der Waals surface area contributed by atoms with Crippen molar-refractivity contribution in [2.45, 2.75) is 40.2 Å². The van der Waals surface area contributed by atoms with E-state index in [1.165, 1.54) is 0 Å². The van der Waals surface area contributed by atoms with Gasteiger partial charge in [-0.15, -0.1) is 0 Å². The minimum absolute atomic E-state index is 0.156. The molecule has 1 rings (SSSR count). The van der Waals surface area contributed by atoms with Crippen molar-refractivity contribution in [1.82, 2.24) is 5.32 Å². The van der Waals surface area contributed by atoms with E-state index in [4.69, 9.17) is 0 Å². The van der Waals surface area contributed by atoms with E-state index in [0.29, 0.717) is 30.2 Å². The second-order valence-corrected chi connectivity index (χ2v) is 4.79. The summed E-state index contributed by atoms with van der Waals surface area (Å²) in [5.41, 5.74) is 0. The van der Waals surface area contributed by atoms with E-state index < -0.39 is 0 Å². The quantitative estimate of drug-likeness (QED) is 0.673. The molecule has 0 saturated heterocycles. The van der Waals surface area contributed by atoms with Crippen LogP contribution < -0.4 is 5.32 Å². The van der Waals surface area contributed by atoms with Crippen molar-refractivity contribution in [2.75, 3.05) is 0 Å². The van der Waals surface area contributed by atoms with Crippen LogP contribution in [0.15, 0.2) is 12.2 Å². The first-order chi connectivity index (χ1) is 6.52. The summed E-state index contributed by atoms with van der Waals surface area (Å²) in [6.45, 7) is 8.75. The SMILES string of the molecule is CC(C)C1C=CCC(=O)NC1C(C)C. The monoisotopic (exact) mass is 195 g/mol. The minimum Gasteiger partial charge on any atom is -0.352 e. The Balaban J connectivity index is 2.82. The largest absolute Gasteiger partial charge is 0.352 e. The summed E-state index contributed by atoms with van der Waals surface area (Å²) >= 11 is 0. The molecule has 1 N–H and O–H groups in total. The lowest BCUT2D eigenvalue weighted by atomic mass is 9.83. The topological polar surface area (TPSA) is 29.1 Å². The van der Waals surface area contributed by atoms with Crippen LogP contribution in [-0.4, -0.2) is 11.9 Å². The van der Waals surface area contributed by atoms with Crippen LogP contribution in [0, 0.1) is 17.8 Å². The number of carbonyl (C=O) groups is 1. The average Bonchev–Trinajstić information content (AvgIpc) is 2.26. The van der Waals surface area contributed by atoms with Crippen LogP contribution in [0.3, 0.4) is 0 Å². The fourth-order valence-electron chi connectivity index (χ4n) is 2.04. The first kappa shape index (κ1) is 11.3. The van der Waals surface area contributed by atoms with Crippen molar-refractivity contribution in [3.8, 4) is 0 Å². The van der Waals surface area contributed by atoms with Gasteiger partial charge >= 0.3 is 0 Å². The number of nitrogens with one attached hydrogen (secondary N) is 1. The van der Waals surface area contributed by atoms with E-state index in [2.05, 4.69) is 39.1 Å². The van der Waals surface area contributed by atoms with Crippen LogP contribution in [0.4, 0.5) is 0 Å². The van der Waals surface area contributed by atoms with Gasteiger partial charge in [-0.25, -0.2) is 0 Å². The maximum absolute atomic E-state index is 11.4. The van der Waals surface area contributed by atoms with E-state index in [1.54, 1.807) is 0 Å². The van der Waals surface area contributed by atoms with E-state index in [1.807, 2.05) is 6.08 Å². The molecule has 1 aliphatic rings. The molecule has 1 aliphatic heterocycles. The number of amides is 1. The lowest BCUT2D eigenvalue weighted by molar-refractivity contribution is -0.121. The smallest absolute Gasteiger partial charge is 0.224 e. The van der Waals surface area contributed by atoms with Gasteiger partial charge in [0.1, 0.15) is 0 Å². The summed E-state index contributed by atoms with van der Waals surface area (Å²) in [5.74, 6) is 1.70. The van der Waals surface area contributed by atoms with Crippen molar-refractivity contribution >= 4 is 5.91 Å². The lowest BCUT2D eigenvalue weighted by Gasteiger charge is -2.30. The highest BCUT2D eigenvalue weighted by atomic mass is 16.1. The van der Waals surface area contributed by atoms with Gasteiger partial charge in [0.15, 0.2) is 0 Å².